The maximum atomic E-state index is 14.0. The largest absolute Gasteiger partial charge is 0.423 e. The molecule has 0 amide bonds. The molecule has 0 atom stereocenters. The fraction of sp³-hybridized carbons (Fsp3) is 0.111. The summed E-state index contributed by atoms with van der Waals surface area (Å²) in [4.78, 5) is 15.4. The molecule has 0 aliphatic carbocycles. The van der Waals surface area contributed by atoms with Crippen molar-refractivity contribution in [3.63, 3.8) is 0 Å². The zero-order chi connectivity index (χ0) is 17.7. The maximum absolute atomic E-state index is 14.0. The van der Waals surface area contributed by atoms with Crippen LogP contribution in [0.15, 0.2) is 48.0 Å². The van der Waals surface area contributed by atoms with Crippen LogP contribution in [0, 0.1) is 17.5 Å². The molecule has 0 spiro atoms. The number of aryl methyl sites for hydroxylation is 1. The first kappa shape index (κ1) is 17.5. The van der Waals surface area contributed by atoms with Gasteiger partial charge in [0, 0.05) is 6.07 Å². The minimum atomic E-state index is -1.25. The van der Waals surface area contributed by atoms with Gasteiger partial charge in [-0.05, 0) is 49.4 Å². The van der Waals surface area contributed by atoms with Crippen molar-refractivity contribution in [3.8, 4) is 5.75 Å². The van der Waals surface area contributed by atoms with E-state index >= 15 is 0 Å². The minimum Gasteiger partial charge on any atom is -0.423 e. The molecule has 124 valence electrons. The van der Waals surface area contributed by atoms with Crippen LogP contribution >= 0.6 is 0 Å². The fourth-order valence-corrected chi connectivity index (χ4v) is 2.07. The third-order valence-electron chi connectivity index (χ3n) is 3.24. The van der Waals surface area contributed by atoms with E-state index in [4.69, 9.17) is 4.74 Å². The van der Waals surface area contributed by atoms with E-state index in [0.717, 1.165) is 18.2 Å². The molecule has 2 aromatic rings. The highest BCUT2D eigenvalue weighted by atomic mass is 19.1. The summed E-state index contributed by atoms with van der Waals surface area (Å²) in [5.41, 5.74) is -0.462. The zero-order valence-corrected chi connectivity index (χ0v) is 12.7. The van der Waals surface area contributed by atoms with Gasteiger partial charge < -0.3 is 4.74 Å². The fourth-order valence-electron chi connectivity index (χ4n) is 2.07. The van der Waals surface area contributed by atoms with Crippen molar-refractivity contribution in [2.75, 3.05) is 0 Å². The molecular formula is C18H14F3NO2. The van der Waals surface area contributed by atoms with E-state index in [1.165, 1.54) is 12.1 Å². The molecule has 0 saturated heterocycles. The molecule has 6 heteroatoms. The Morgan fingerprint density at radius 1 is 1.12 bits per heavy atom. The second-order valence-electron chi connectivity index (χ2n) is 4.92. The van der Waals surface area contributed by atoms with Crippen LogP contribution in [0.5, 0.6) is 5.75 Å². The molecule has 24 heavy (non-hydrogen) atoms. The molecule has 0 radical (unpaired) electrons. The van der Waals surface area contributed by atoms with Crippen molar-refractivity contribution in [3.05, 3.63) is 71.6 Å². The Balaban J connectivity index is 2.24. The number of hydrogen-bond acceptors (Lipinski definition) is 3. The quantitative estimate of drug-likeness (QED) is 0.330. The van der Waals surface area contributed by atoms with Crippen molar-refractivity contribution in [1.29, 1.82) is 0 Å². The molecule has 0 aromatic heterocycles. The summed E-state index contributed by atoms with van der Waals surface area (Å²) in [6.45, 7) is 6.71. The summed E-state index contributed by atoms with van der Waals surface area (Å²) in [5, 5.41) is 0. The van der Waals surface area contributed by atoms with Crippen LogP contribution in [0.1, 0.15) is 22.3 Å². The van der Waals surface area contributed by atoms with Gasteiger partial charge in [0.2, 0.25) is 0 Å². The summed E-state index contributed by atoms with van der Waals surface area (Å²) in [5.74, 6) is -4.29. The molecule has 0 aliphatic heterocycles. The van der Waals surface area contributed by atoms with Crippen molar-refractivity contribution in [2.45, 2.75) is 12.8 Å². The smallest absolute Gasteiger partial charge is 0.349 e. The molecular weight excluding hydrogens is 319 g/mol. The van der Waals surface area contributed by atoms with Crippen LogP contribution in [0.3, 0.4) is 0 Å². The summed E-state index contributed by atoms with van der Waals surface area (Å²) in [6, 6.07) is 5.49. The van der Waals surface area contributed by atoms with E-state index in [0.29, 0.717) is 18.4 Å². The minimum absolute atomic E-state index is 0.0290. The number of allylic oxidation sites excluding steroid dienone is 1. The highest BCUT2D eigenvalue weighted by molar-refractivity contribution is 5.91. The lowest BCUT2D eigenvalue weighted by molar-refractivity contribution is 0.0724. The van der Waals surface area contributed by atoms with Gasteiger partial charge in [-0.25, -0.2) is 18.0 Å². The number of aliphatic imine (C=N–C) groups is 1. The highest BCUT2D eigenvalue weighted by Gasteiger charge is 2.21. The van der Waals surface area contributed by atoms with Crippen LogP contribution < -0.4 is 4.74 Å². The number of esters is 1. The molecule has 0 saturated carbocycles. The van der Waals surface area contributed by atoms with E-state index in [-0.39, 0.29) is 11.4 Å². The van der Waals surface area contributed by atoms with E-state index in [1.54, 1.807) is 6.08 Å². The number of nitrogens with zero attached hydrogens (tertiary/aromatic N) is 1. The first-order valence-electron chi connectivity index (χ1n) is 7.03. The SMILES string of the molecule is C=CCCc1cc(F)c(C(=O)Oc2ccc(N=C)c(F)c2)c(F)c1. The number of halogens is 3. The Morgan fingerprint density at radius 2 is 1.79 bits per heavy atom. The standard InChI is InChI=1S/C18H14F3NO2/c1-3-4-5-11-8-14(20)17(15(21)9-11)18(23)24-12-6-7-16(22-2)13(19)10-12/h3,6-10H,1-2,4-5H2. The molecule has 0 N–H and O–H groups in total. The van der Waals surface area contributed by atoms with Crippen molar-refractivity contribution >= 4 is 18.4 Å². The van der Waals surface area contributed by atoms with Crippen LogP contribution in [0.25, 0.3) is 0 Å². The van der Waals surface area contributed by atoms with Gasteiger partial charge in [-0.2, -0.15) is 0 Å². The molecule has 0 fully saturated rings. The molecule has 2 aromatic carbocycles. The molecule has 3 nitrogen and oxygen atoms in total. The van der Waals surface area contributed by atoms with E-state index in [1.807, 2.05) is 0 Å². The number of ether oxygens (including phenoxy) is 1. The first-order valence-corrected chi connectivity index (χ1v) is 7.03. The number of benzene rings is 2. The Morgan fingerprint density at radius 3 is 2.33 bits per heavy atom. The van der Waals surface area contributed by atoms with E-state index in [2.05, 4.69) is 18.3 Å². The lowest BCUT2D eigenvalue weighted by Crippen LogP contribution is -2.14. The Hall–Kier alpha value is -2.89. The second kappa shape index (κ2) is 7.59. The van der Waals surface area contributed by atoms with Gasteiger partial charge in [0.15, 0.2) is 5.82 Å². The van der Waals surface area contributed by atoms with Gasteiger partial charge in [0.25, 0.3) is 0 Å². The summed E-state index contributed by atoms with van der Waals surface area (Å²) < 4.78 is 46.4. The van der Waals surface area contributed by atoms with Gasteiger partial charge in [-0.1, -0.05) is 6.08 Å². The number of hydrogen-bond donors (Lipinski definition) is 0. The third kappa shape index (κ3) is 3.90. The first-order chi connectivity index (χ1) is 11.5. The van der Waals surface area contributed by atoms with Crippen LogP contribution in [0.4, 0.5) is 18.9 Å². The van der Waals surface area contributed by atoms with Gasteiger partial charge in [0.05, 0.1) is 5.69 Å². The van der Waals surface area contributed by atoms with Crippen LogP contribution in [-0.2, 0) is 6.42 Å². The molecule has 0 aliphatic rings. The van der Waals surface area contributed by atoms with Crippen molar-refractivity contribution in [1.82, 2.24) is 0 Å². The summed E-state index contributed by atoms with van der Waals surface area (Å²) in [6.07, 6.45) is 2.56. The zero-order valence-electron chi connectivity index (χ0n) is 12.7. The molecule has 0 bridgehead atoms. The van der Waals surface area contributed by atoms with E-state index in [9.17, 15) is 18.0 Å². The van der Waals surface area contributed by atoms with Crippen LogP contribution in [0.2, 0.25) is 0 Å². The molecule has 0 unspecified atom stereocenters. The average molecular weight is 333 g/mol. The third-order valence-corrected chi connectivity index (χ3v) is 3.24. The predicted octanol–water partition coefficient (Wildman–Crippen LogP) is 4.77. The second-order valence-corrected chi connectivity index (χ2v) is 4.92. The van der Waals surface area contributed by atoms with E-state index < -0.39 is 29.0 Å². The Kier molecular flexibility index (Phi) is 5.52. The van der Waals surface area contributed by atoms with Gasteiger partial charge in [0.1, 0.15) is 22.9 Å². The lowest BCUT2D eigenvalue weighted by atomic mass is 10.1. The van der Waals surface area contributed by atoms with Gasteiger partial charge >= 0.3 is 5.97 Å². The molecule has 2 rings (SSSR count). The number of carbonyl (C=O) groups excluding carboxylic acids is 1. The van der Waals surface area contributed by atoms with Gasteiger partial charge in [-0.15, -0.1) is 6.58 Å². The number of carbonyl (C=O) groups is 1. The monoisotopic (exact) mass is 333 g/mol. The summed E-state index contributed by atoms with van der Waals surface area (Å²) >= 11 is 0. The average Bonchev–Trinajstić information content (AvgIpc) is 2.52. The predicted molar refractivity (Wildman–Crippen MR) is 85.4 cm³/mol. The van der Waals surface area contributed by atoms with Crippen molar-refractivity contribution < 1.29 is 22.7 Å². The van der Waals surface area contributed by atoms with Crippen molar-refractivity contribution in [2.24, 2.45) is 4.99 Å². The number of rotatable bonds is 6. The molecule has 0 heterocycles. The lowest BCUT2D eigenvalue weighted by Gasteiger charge is -2.09. The van der Waals surface area contributed by atoms with Crippen LogP contribution in [-0.4, -0.2) is 12.7 Å². The maximum Gasteiger partial charge on any atom is 0.349 e. The normalized spacial score (nSPS) is 10.3. The van der Waals surface area contributed by atoms with Gasteiger partial charge in [-0.3, -0.25) is 4.99 Å². The topological polar surface area (TPSA) is 38.7 Å². The summed E-state index contributed by atoms with van der Waals surface area (Å²) in [7, 11) is 0. The Labute approximate surface area is 137 Å². The highest BCUT2D eigenvalue weighted by Crippen LogP contribution is 2.24. The Bertz CT molecular complexity index is 780.